The number of hydrogen-bond acceptors (Lipinski definition) is 3. The number of ether oxygens (including phenoxy) is 1. The van der Waals surface area contributed by atoms with Crippen LogP contribution in [0.25, 0.3) is 0 Å². The molecule has 0 saturated heterocycles. The Morgan fingerprint density at radius 1 is 0.853 bits per heavy atom. The van der Waals surface area contributed by atoms with Crippen LogP contribution >= 0.6 is 23.2 Å². The fraction of sp³-hybridized carbons (Fsp3) is 0.259. The molecule has 7 heteroatoms. The van der Waals surface area contributed by atoms with Crippen LogP contribution in [-0.2, 0) is 4.79 Å². The van der Waals surface area contributed by atoms with Crippen LogP contribution in [0.5, 0.6) is 5.75 Å². The molecule has 0 aliphatic heterocycles. The second-order valence-electron chi connectivity index (χ2n) is 8.56. The summed E-state index contributed by atoms with van der Waals surface area (Å²) in [6.45, 7) is 8.26. The normalized spacial score (nSPS) is 10.9. The Kier molecular flexibility index (Phi) is 8.59. The minimum Gasteiger partial charge on any atom is -0.484 e. The lowest BCUT2D eigenvalue weighted by molar-refractivity contribution is -0.118. The molecule has 0 aliphatic carbocycles. The van der Waals surface area contributed by atoms with Crippen molar-refractivity contribution in [1.82, 2.24) is 0 Å². The van der Waals surface area contributed by atoms with E-state index < -0.39 is 0 Å². The van der Waals surface area contributed by atoms with Gasteiger partial charge in [0, 0.05) is 16.3 Å². The largest absolute Gasteiger partial charge is 0.484 e. The molecule has 3 aromatic rings. The van der Waals surface area contributed by atoms with Crippen LogP contribution in [0.4, 0.5) is 11.4 Å². The molecular weight excluding hydrogens is 471 g/mol. The number of carbonyl (C=O) groups excluding carboxylic acids is 2. The van der Waals surface area contributed by atoms with E-state index in [1.807, 2.05) is 18.2 Å². The molecule has 2 N–H and O–H groups in total. The van der Waals surface area contributed by atoms with Gasteiger partial charge in [-0.2, -0.15) is 0 Å². The van der Waals surface area contributed by atoms with Crippen molar-refractivity contribution in [1.29, 1.82) is 0 Å². The molecule has 178 valence electrons. The third-order valence-corrected chi connectivity index (χ3v) is 5.87. The summed E-state index contributed by atoms with van der Waals surface area (Å²) in [6, 6.07) is 17.5. The molecule has 3 rings (SSSR count). The molecule has 0 aliphatic rings. The van der Waals surface area contributed by atoms with E-state index in [0.717, 1.165) is 16.8 Å². The number of anilines is 2. The van der Waals surface area contributed by atoms with E-state index in [0.29, 0.717) is 27.0 Å². The van der Waals surface area contributed by atoms with Gasteiger partial charge < -0.3 is 15.4 Å². The van der Waals surface area contributed by atoms with E-state index in [1.54, 1.807) is 42.5 Å². The monoisotopic (exact) mass is 498 g/mol. The predicted molar refractivity (Wildman–Crippen MR) is 140 cm³/mol. The van der Waals surface area contributed by atoms with Crippen molar-refractivity contribution in [3.05, 3.63) is 87.4 Å². The Morgan fingerprint density at radius 3 is 2.06 bits per heavy atom. The summed E-state index contributed by atoms with van der Waals surface area (Å²) >= 11 is 12.1. The molecule has 0 radical (unpaired) electrons. The fourth-order valence-electron chi connectivity index (χ4n) is 3.51. The lowest BCUT2D eigenvalue weighted by Crippen LogP contribution is -2.22. The van der Waals surface area contributed by atoms with Gasteiger partial charge in [0.2, 0.25) is 0 Å². The topological polar surface area (TPSA) is 67.4 Å². The van der Waals surface area contributed by atoms with Crippen LogP contribution in [0, 0.1) is 0 Å². The molecule has 0 fully saturated rings. The summed E-state index contributed by atoms with van der Waals surface area (Å²) in [5.41, 5.74) is 3.89. The summed E-state index contributed by atoms with van der Waals surface area (Å²) < 4.78 is 5.65. The number of benzene rings is 3. The minimum atomic E-state index is -0.333. The number of carbonyl (C=O) groups is 2. The molecule has 0 bridgehead atoms. The highest BCUT2D eigenvalue weighted by Gasteiger charge is 2.16. The predicted octanol–water partition coefficient (Wildman–Crippen LogP) is 7.51. The van der Waals surface area contributed by atoms with Gasteiger partial charge in [-0.15, -0.1) is 0 Å². The highest BCUT2D eigenvalue weighted by atomic mass is 35.5. The summed E-state index contributed by atoms with van der Waals surface area (Å²) in [6.07, 6.45) is 0. The van der Waals surface area contributed by atoms with Crippen molar-refractivity contribution >= 4 is 46.4 Å². The van der Waals surface area contributed by atoms with E-state index in [9.17, 15) is 9.59 Å². The maximum atomic E-state index is 12.6. The number of hydrogen-bond donors (Lipinski definition) is 2. The van der Waals surface area contributed by atoms with Gasteiger partial charge in [-0.25, -0.2) is 0 Å². The van der Waals surface area contributed by atoms with E-state index in [1.165, 1.54) is 0 Å². The van der Waals surface area contributed by atoms with E-state index in [4.69, 9.17) is 27.9 Å². The van der Waals surface area contributed by atoms with Gasteiger partial charge in [-0.3, -0.25) is 9.59 Å². The molecule has 0 heterocycles. The maximum absolute atomic E-state index is 12.6. The number of amides is 2. The Balaban J connectivity index is 1.62. The zero-order valence-electron chi connectivity index (χ0n) is 19.6. The van der Waals surface area contributed by atoms with E-state index >= 15 is 0 Å². The van der Waals surface area contributed by atoms with Gasteiger partial charge in [0.1, 0.15) is 5.75 Å². The summed E-state index contributed by atoms with van der Waals surface area (Å²) in [4.78, 5) is 25.2. The van der Waals surface area contributed by atoms with Crippen LogP contribution in [0.15, 0.2) is 60.7 Å². The first-order valence-electron chi connectivity index (χ1n) is 11.1. The Morgan fingerprint density at radius 2 is 1.47 bits per heavy atom. The zero-order chi connectivity index (χ0) is 24.8. The Bertz CT molecular complexity index is 1150. The van der Waals surface area contributed by atoms with Crippen molar-refractivity contribution in [2.75, 3.05) is 17.2 Å². The van der Waals surface area contributed by atoms with Crippen molar-refractivity contribution < 1.29 is 14.3 Å². The zero-order valence-corrected chi connectivity index (χ0v) is 21.1. The number of rotatable bonds is 8. The summed E-state index contributed by atoms with van der Waals surface area (Å²) in [5.74, 6) is 0.451. The van der Waals surface area contributed by atoms with Crippen molar-refractivity contribution in [3.8, 4) is 5.75 Å². The summed E-state index contributed by atoms with van der Waals surface area (Å²) in [7, 11) is 0. The fourth-order valence-corrected chi connectivity index (χ4v) is 3.85. The highest BCUT2D eigenvalue weighted by molar-refractivity contribution is 6.35. The number of para-hydroxylation sites is 1. The van der Waals surface area contributed by atoms with Crippen LogP contribution in [0.1, 0.15) is 61.0 Å². The molecule has 0 saturated carbocycles. The van der Waals surface area contributed by atoms with Crippen molar-refractivity contribution in [2.24, 2.45) is 0 Å². The Labute approximate surface area is 210 Å². The molecule has 5 nitrogen and oxygen atoms in total. The number of nitrogens with one attached hydrogen (secondary N) is 2. The average molecular weight is 499 g/mol. The van der Waals surface area contributed by atoms with E-state index in [2.05, 4.69) is 38.3 Å². The average Bonchev–Trinajstić information content (AvgIpc) is 2.80. The molecule has 2 amide bonds. The molecule has 0 atom stereocenters. The molecule has 34 heavy (non-hydrogen) atoms. The minimum absolute atomic E-state index is 0.145. The molecular formula is C27H28Cl2N2O3. The van der Waals surface area contributed by atoms with Gasteiger partial charge in [-0.05, 0) is 65.4 Å². The van der Waals surface area contributed by atoms with Gasteiger partial charge in [0.05, 0.1) is 10.7 Å². The van der Waals surface area contributed by atoms with Gasteiger partial charge >= 0.3 is 0 Å². The van der Waals surface area contributed by atoms with Crippen molar-refractivity contribution in [2.45, 2.75) is 39.5 Å². The first-order chi connectivity index (χ1) is 16.2. The Hall–Kier alpha value is -3.02. The summed E-state index contributed by atoms with van der Waals surface area (Å²) in [5, 5.41) is 6.62. The van der Waals surface area contributed by atoms with Crippen LogP contribution in [0.2, 0.25) is 10.0 Å². The first-order valence-corrected chi connectivity index (χ1v) is 11.8. The van der Waals surface area contributed by atoms with Crippen LogP contribution in [0.3, 0.4) is 0 Å². The highest BCUT2D eigenvalue weighted by Crippen LogP contribution is 2.32. The molecule has 3 aromatic carbocycles. The second-order valence-corrected chi connectivity index (χ2v) is 9.40. The second kappa shape index (κ2) is 11.4. The van der Waals surface area contributed by atoms with Gasteiger partial charge in [0.25, 0.3) is 11.8 Å². The van der Waals surface area contributed by atoms with Crippen LogP contribution < -0.4 is 15.4 Å². The SMILES string of the molecule is CC(C)c1cccc(C(C)C)c1NC(=O)COc1ccc(C(=O)Nc2cc(Cl)ccc2Cl)cc1. The molecule has 0 aromatic heterocycles. The third-order valence-electron chi connectivity index (χ3n) is 5.30. The van der Waals surface area contributed by atoms with Crippen molar-refractivity contribution in [3.63, 3.8) is 0 Å². The van der Waals surface area contributed by atoms with Gasteiger partial charge in [-0.1, -0.05) is 69.1 Å². The lowest BCUT2D eigenvalue weighted by atomic mass is 9.92. The maximum Gasteiger partial charge on any atom is 0.262 e. The first kappa shape index (κ1) is 25.6. The molecule has 0 spiro atoms. The standard InChI is InChI=1S/C27H28Cl2N2O3/c1-16(2)21-6-5-7-22(17(3)4)26(21)31-25(32)15-34-20-11-8-18(9-12-20)27(33)30-24-14-19(28)10-13-23(24)29/h5-14,16-17H,15H2,1-4H3,(H,30,33)(H,31,32). The quantitative estimate of drug-likeness (QED) is 0.337. The van der Waals surface area contributed by atoms with Gasteiger partial charge in [0.15, 0.2) is 6.61 Å². The number of halogens is 2. The van der Waals surface area contributed by atoms with Crippen LogP contribution in [-0.4, -0.2) is 18.4 Å². The third kappa shape index (κ3) is 6.52. The lowest BCUT2D eigenvalue weighted by Gasteiger charge is -2.20. The van der Waals surface area contributed by atoms with E-state index in [-0.39, 0.29) is 30.3 Å². The smallest absolute Gasteiger partial charge is 0.262 e. The molecule has 0 unspecified atom stereocenters.